The van der Waals surface area contributed by atoms with Crippen LogP contribution in [-0.4, -0.2) is 19.5 Å². The molecule has 0 atom stereocenters. The molecule has 0 saturated heterocycles. The van der Waals surface area contributed by atoms with Crippen molar-refractivity contribution < 1.29 is 31.1 Å². The monoisotopic (exact) mass is 228 g/mol. The van der Waals surface area contributed by atoms with Crippen LogP contribution in [0.25, 0.3) is 0 Å². The molecule has 0 aromatic carbocycles. The Balaban J connectivity index is 5.25. The van der Waals surface area contributed by atoms with Gasteiger partial charge in [-0.1, -0.05) is 0 Å². The molecule has 0 amide bonds. The van der Waals surface area contributed by atoms with E-state index < -0.39 is 23.1 Å². The van der Waals surface area contributed by atoms with E-state index >= 15 is 0 Å². The maximum atomic E-state index is 11.7. The molecule has 13 heavy (non-hydrogen) atoms. The molecule has 0 aliphatic rings. The average Bonchev–Trinajstić information content (AvgIpc) is 1.80. The Morgan fingerprint density at radius 1 is 1.00 bits per heavy atom. The van der Waals surface area contributed by atoms with Crippen LogP contribution in [0.3, 0.4) is 0 Å². The lowest BCUT2D eigenvalue weighted by Gasteiger charge is -2.15. The van der Waals surface area contributed by atoms with E-state index in [1.54, 1.807) is 0 Å². The molecular weight excluding hydrogens is 225 g/mol. The Bertz CT molecular complexity index is 198. The van der Waals surface area contributed by atoms with Gasteiger partial charge in [-0.25, -0.2) is 0 Å². The van der Waals surface area contributed by atoms with Crippen LogP contribution in [0.5, 0.6) is 0 Å². The SMILES string of the molecule is COC(Cl)=C(C(F)(F)F)C(F)(F)F. The number of hydrogen-bond donors (Lipinski definition) is 0. The predicted molar refractivity (Wildman–Crippen MR) is 32.0 cm³/mol. The van der Waals surface area contributed by atoms with Gasteiger partial charge in [0.2, 0.25) is 5.22 Å². The Hall–Kier alpha value is -0.590. The Morgan fingerprint density at radius 2 is 1.31 bits per heavy atom. The van der Waals surface area contributed by atoms with Crippen molar-refractivity contribution in [1.82, 2.24) is 0 Å². The molecule has 0 radical (unpaired) electrons. The summed E-state index contributed by atoms with van der Waals surface area (Å²) in [6.07, 6.45) is -11.2. The zero-order chi connectivity index (χ0) is 10.9. The third-order valence-corrected chi connectivity index (χ3v) is 1.29. The third kappa shape index (κ3) is 3.33. The second-order valence-corrected chi connectivity index (χ2v) is 2.19. The van der Waals surface area contributed by atoms with Gasteiger partial charge in [0.25, 0.3) is 0 Å². The Kier molecular flexibility index (Phi) is 3.48. The van der Waals surface area contributed by atoms with Crippen LogP contribution in [0, 0.1) is 0 Å². The number of alkyl halides is 6. The number of ether oxygens (including phenoxy) is 1. The standard InChI is InChI=1S/C5H3ClF6O/c1-13-3(6)2(4(7,8)9)5(10,11)12/h1H3. The van der Waals surface area contributed by atoms with Crippen LogP contribution in [-0.2, 0) is 4.74 Å². The summed E-state index contributed by atoms with van der Waals surface area (Å²) in [6, 6.07) is 0. The lowest BCUT2D eigenvalue weighted by molar-refractivity contribution is -0.174. The zero-order valence-corrected chi connectivity index (χ0v) is 6.81. The van der Waals surface area contributed by atoms with E-state index in [0.29, 0.717) is 7.11 Å². The van der Waals surface area contributed by atoms with Gasteiger partial charge in [0.15, 0.2) is 5.57 Å². The maximum absolute atomic E-state index is 11.7. The summed E-state index contributed by atoms with van der Waals surface area (Å²) in [7, 11) is 0.611. The fourth-order valence-corrected chi connectivity index (χ4v) is 0.700. The Morgan fingerprint density at radius 3 is 1.38 bits per heavy atom. The molecule has 0 aromatic heterocycles. The van der Waals surface area contributed by atoms with E-state index in [1.807, 2.05) is 0 Å². The summed E-state index contributed by atoms with van der Waals surface area (Å²) in [5, 5.41) is -1.72. The highest BCUT2D eigenvalue weighted by Crippen LogP contribution is 2.41. The number of methoxy groups -OCH3 is 1. The highest BCUT2D eigenvalue weighted by molar-refractivity contribution is 6.28. The van der Waals surface area contributed by atoms with Gasteiger partial charge in [-0.3, -0.25) is 0 Å². The molecule has 0 aromatic rings. The Labute approximate surface area is 73.9 Å². The van der Waals surface area contributed by atoms with Crippen molar-refractivity contribution >= 4 is 11.6 Å². The van der Waals surface area contributed by atoms with Gasteiger partial charge in [0.05, 0.1) is 7.11 Å². The van der Waals surface area contributed by atoms with Crippen molar-refractivity contribution in [3.63, 3.8) is 0 Å². The quantitative estimate of drug-likeness (QED) is 0.495. The van der Waals surface area contributed by atoms with E-state index in [2.05, 4.69) is 16.3 Å². The van der Waals surface area contributed by atoms with Crippen LogP contribution < -0.4 is 0 Å². The first kappa shape index (κ1) is 12.4. The van der Waals surface area contributed by atoms with E-state index in [1.165, 1.54) is 0 Å². The van der Waals surface area contributed by atoms with E-state index in [9.17, 15) is 26.3 Å². The first-order chi connectivity index (χ1) is 5.60. The fraction of sp³-hybridized carbons (Fsp3) is 0.600. The highest BCUT2D eigenvalue weighted by atomic mass is 35.5. The first-order valence-corrected chi connectivity index (χ1v) is 3.06. The molecule has 0 heterocycles. The molecule has 0 N–H and O–H groups in total. The maximum Gasteiger partial charge on any atom is 0.425 e. The number of hydrogen-bond acceptors (Lipinski definition) is 1. The van der Waals surface area contributed by atoms with Crippen LogP contribution in [0.2, 0.25) is 0 Å². The molecule has 0 spiro atoms. The summed E-state index contributed by atoms with van der Waals surface area (Å²) in [5.41, 5.74) is -2.84. The van der Waals surface area contributed by atoms with Crippen molar-refractivity contribution in [3.05, 3.63) is 10.8 Å². The molecule has 0 aliphatic heterocycles. The molecule has 0 aliphatic carbocycles. The molecule has 1 nitrogen and oxygen atoms in total. The largest absolute Gasteiger partial charge is 0.486 e. The van der Waals surface area contributed by atoms with Crippen molar-refractivity contribution in [2.45, 2.75) is 12.4 Å². The molecule has 0 bridgehead atoms. The van der Waals surface area contributed by atoms with E-state index in [-0.39, 0.29) is 0 Å². The second-order valence-electron chi connectivity index (χ2n) is 1.85. The average molecular weight is 229 g/mol. The lowest BCUT2D eigenvalue weighted by Crippen LogP contribution is -2.27. The van der Waals surface area contributed by atoms with Crippen LogP contribution in [0.1, 0.15) is 0 Å². The normalized spacial score (nSPS) is 12.6. The smallest absolute Gasteiger partial charge is 0.425 e. The van der Waals surface area contributed by atoms with Gasteiger partial charge in [-0.15, -0.1) is 0 Å². The highest BCUT2D eigenvalue weighted by Gasteiger charge is 2.54. The van der Waals surface area contributed by atoms with E-state index in [0.717, 1.165) is 0 Å². The van der Waals surface area contributed by atoms with Gasteiger partial charge >= 0.3 is 12.4 Å². The van der Waals surface area contributed by atoms with Crippen molar-refractivity contribution in [3.8, 4) is 0 Å². The van der Waals surface area contributed by atoms with Crippen molar-refractivity contribution in [2.24, 2.45) is 0 Å². The molecular formula is C5H3ClF6O. The number of halogens is 7. The molecule has 8 heteroatoms. The summed E-state index contributed by atoms with van der Waals surface area (Å²) < 4.78 is 73.9. The molecule has 78 valence electrons. The summed E-state index contributed by atoms with van der Waals surface area (Å²) >= 11 is 4.62. The zero-order valence-electron chi connectivity index (χ0n) is 6.05. The van der Waals surface area contributed by atoms with Crippen LogP contribution in [0.4, 0.5) is 26.3 Å². The van der Waals surface area contributed by atoms with Gasteiger partial charge in [-0.2, -0.15) is 26.3 Å². The summed E-state index contributed by atoms with van der Waals surface area (Å²) in [5.74, 6) is 0. The molecule has 0 fully saturated rings. The minimum Gasteiger partial charge on any atom is -0.486 e. The fourth-order valence-electron chi connectivity index (χ4n) is 0.486. The van der Waals surface area contributed by atoms with Gasteiger partial charge in [0, 0.05) is 0 Å². The van der Waals surface area contributed by atoms with Gasteiger partial charge in [-0.05, 0) is 11.6 Å². The summed E-state index contributed by atoms with van der Waals surface area (Å²) in [6.45, 7) is 0. The topological polar surface area (TPSA) is 9.23 Å². The van der Waals surface area contributed by atoms with Crippen LogP contribution in [0.15, 0.2) is 10.8 Å². The van der Waals surface area contributed by atoms with Crippen LogP contribution >= 0.6 is 11.6 Å². The van der Waals surface area contributed by atoms with Crippen molar-refractivity contribution in [1.29, 1.82) is 0 Å². The number of allylic oxidation sites excluding steroid dienone is 1. The van der Waals surface area contributed by atoms with Gasteiger partial charge < -0.3 is 4.74 Å². The second kappa shape index (κ2) is 3.65. The van der Waals surface area contributed by atoms with E-state index in [4.69, 9.17) is 0 Å². The van der Waals surface area contributed by atoms with Gasteiger partial charge in [0.1, 0.15) is 0 Å². The predicted octanol–water partition coefficient (Wildman–Crippen LogP) is 3.21. The van der Waals surface area contributed by atoms with Crippen molar-refractivity contribution in [2.75, 3.05) is 7.11 Å². The molecule has 0 rings (SSSR count). The minimum atomic E-state index is -5.58. The minimum absolute atomic E-state index is 0.611. The number of rotatable bonds is 1. The molecule has 0 saturated carbocycles. The third-order valence-electron chi connectivity index (χ3n) is 0.943. The first-order valence-electron chi connectivity index (χ1n) is 2.69. The molecule has 0 unspecified atom stereocenters. The summed E-state index contributed by atoms with van der Waals surface area (Å²) in [4.78, 5) is 0. The lowest BCUT2D eigenvalue weighted by atomic mass is 10.3.